The molecular weight excluding hydrogens is 384 g/mol. The molecule has 0 fully saturated rings. The number of hydrogen-bond acceptors (Lipinski definition) is 6. The maximum atomic E-state index is 12.1. The highest BCUT2D eigenvalue weighted by molar-refractivity contribution is 7.89. The van der Waals surface area contributed by atoms with E-state index in [-0.39, 0.29) is 23.6 Å². The summed E-state index contributed by atoms with van der Waals surface area (Å²) < 4.78 is 33.2. The Hall–Kier alpha value is -2.91. The maximum absolute atomic E-state index is 12.1. The zero-order valence-corrected chi connectivity index (χ0v) is 16.4. The van der Waals surface area contributed by atoms with Gasteiger partial charge in [-0.05, 0) is 44.2 Å². The summed E-state index contributed by atoms with van der Waals surface area (Å²) in [7, 11) is -3.89. The van der Waals surface area contributed by atoms with Crippen LogP contribution in [0.5, 0.6) is 5.75 Å². The monoisotopic (exact) mass is 406 g/mol. The van der Waals surface area contributed by atoms with Gasteiger partial charge in [-0.25, -0.2) is 13.6 Å². The molecule has 3 N–H and O–H groups in total. The lowest BCUT2D eigenvalue weighted by Gasteiger charge is -2.14. The normalized spacial score (nSPS) is 12.1. The van der Waals surface area contributed by atoms with Gasteiger partial charge in [0.25, 0.3) is 5.91 Å². The molecule has 0 aliphatic rings. The first-order valence-corrected chi connectivity index (χ1v) is 10.0. The summed E-state index contributed by atoms with van der Waals surface area (Å²) in [5, 5.41) is 7.54. The molecular formula is C19H22N2O6S. The maximum Gasteiger partial charge on any atom is 0.310 e. The molecule has 8 nitrogen and oxygen atoms in total. The number of nitrogens with two attached hydrogens (primary N) is 1. The molecule has 2 rings (SSSR count). The van der Waals surface area contributed by atoms with Gasteiger partial charge in [-0.15, -0.1) is 0 Å². The van der Waals surface area contributed by atoms with Crippen LogP contribution in [0.3, 0.4) is 0 Å². The van der Waals surface area contributed by atoms with Crippen LogP contribution in [0.15, 0.2) is 53.4 Å². The van der Waals surface area contributed by atoms with E-state index in [1.807, 2.05) is 19.1 Å². The van der Waals surface area contributed by atoms with Crippen molar-refractivity contribution in [3.05, 3.63) is 54.1 Å². The molecule has 0 spiro atoms. The number of sulfonamides is 1. The highest BCUT2D eigenvalue weighted by Crippen LogP contribution is 2.15. The van der Waals surface area contributed by atoms with Crippen molar-refractivity contribution in [3.63, 3.8) is 0 Å². The number of esters is 1. The number of primary sulfonamides is 1. The second-order valence-electron chi connectivity index (χ2n) is 6.11. The Balaban J connectivity index is 1.81. The number of benzene rings is 2. The van der Waals surface area contributed by atoms with Crippen molar-refractivity contribution in [2.75, 3.05) is 11.9 Å². The average Bonchev–Trinajstić information content (AvgIpc) is 2.63. The minimum atomic E-state index is -3.89. The first-order chi connectivity index (χ1) is 13.1. The van der Waals surface area contributed by atoms with Crippen LogP contribution in [0, 0.1) is 6.92 Å². The smallest absolute Gasteiger partial charge is 0.310 e. The molecule has 150 valence electrons. The van der Waals surface area contributed by atoms with E-state index in [0.29, 0.717) is 5.75 Å². The minimum absolute atomic E-state index is 0.0214. The van der Waals surface area contributed by atoms with Crippen molar-refractivity contribution >= 4 is 27.6 Å². The highest BCUT2D eigenvalue weighted by atomic mass is 32.2. The van der Waals surface area contributed by atoms with Crippen molar-refractivity contribution < 1.29 is 27.5 Å². The van der Waals surface area contributed by atoms with E-state index >= 15 is 0 Å². The number of rotatable bonds is 8. The van der Waals surface area contributed by atoms with Gasteiger partial charge in [0.05, 0.1) is 17.9 Å². The van der Waals surface area contributed by atoms with Crippen molar-refractivity contribution in [3.8, 4) is 5.75 Å². The van der Waals surface area contributed by atoms with E-state index < -0.39 is 28.0 Å². The molecule has 0 aromatic heterocycles. The van der Waals surface area contributed by atoms with Crippen molar-refractivity contribution in [1.29, 1.82) is 0 Å². The number of nitrogens with one attached hydrogen (secondary N) is 1. The third kappa shape index (κ3) is 6.67. The van der Waals surface area contributed by atoms with Crippen LogP contribution >= 0.6 is 0 Å². The molecule has 0 unspecified atom stereocenters. The van der Waals surface area contributed by atoms with Crippen molar-refractivity contribution in [2.45, 2.75) is 31.3 Å². The first kappa shape index (κ1) is 21.4. The van der Waals surface area contributed by atoms with Gasteiger partial charge in [-0.2, -0.15) is 0 Å². The molecule has 1 amide bonds. The number of anilines is 1. The lowest BCUT2D eigenvalue weighted by molar-refractivity contribution is -0.153. The van der Waals surface area contributed by atoms with Crippen LogP contribution < -0.4 is 15.2 Å². The number of amides is 1. The van der Waals surface area contributed by atoms with Gasteiger partial charge in [-0.3, -0.25) is 9.59 Å². The fraction of sp³-hybridized carbons (Fsp3) is 0.263. The van der Waals surface area contributed by atoms with E-state index in [2.05, 4.69) is 5.32 Å². The molecule has 0 aliphatic carbocycles. The molecule has 0 radical (unpaired) electrons. The molecule has 9 heteroatoms. The SMILES string of the molecule is Cc1ccc(OCCC(=O)O[C@H](C)C(=O)Nc2cccc(S(N)(=O)=O)c2)cc1. The Labute approximate surface area is 163 Å². The molecule has 2 aromatic rings. The Kier molecular flexibility index (Phi) is 7.13. The van der Waals surface area contributed by atoms with Gasteiger partial charge >= 0.3 is 5.97 Å². The van der Waals surface area contributed by atoms with Crippen molar-refractivity contribution in [1.82, 2.24) is 0 Å². The fourth-order valence-electron chi connectivity index (χ4n) is 2.19. The van der Waals surface area contributed by atoms with E-state index in [1.54, 1.807) is 12.1 Å². The largest absolute Gasteiger partial charge is 0.493 e. The quantitative estimate of drug-likeness (QED) is 0.646. The average molecular weight is 406 g/mol. The van der Waals surface area contributed by atoms with Crippen LogP contribution in [0.1, 0.15) is 18.9 Å². The molecule has 0 saturated carbocycles. The Morgan fingerprint density at radius 3 is 2.46 bits per heavy atom. The predicted molar refractivity (Wildman–Crippen MR) is 103 cm³/mol. The minimum Gasteiger partial charge on any atom is -0.493 e. The van der Waals surface area contributed by atoms with Crippen LogP contribution in [-0.4, -0.2) is 33.0 Å². The molecule has 0 bridgehead atoms. The van der Waals surface area contributed by atoms with Crippen LogP contribution in [0.25, 0.3) is 0 Å². The third-order valence-corrected chi connectivity index (χ3v) is 4.61. The molecule has 0 aliphatic heterocycles. The number of aryl methyl sites for hydroxylation is 1. The summed E-state index contributed by atoms with van der Waals surface area (Å²) in [6, 6.07) is 12.8. The van der Waals surface area contributed by atoms with Crippen LogP contribution in [0.2, 0.25) is 0 Å². The standard InChI is InChI=1S/C19H22N2O6S/c1-13-6-8-16(9-7-13)26-11-10-18(22)27-14(2)19(23)21-15-4-3-5-17(12-15)28(20,24)25/h3-9,12,14H,10-11H2,1-2H3,(H,21,23)(H2,20,24,25)/t14-/m1/s1. The highest BCUT2D eigenvalue weighted by Gasteiger charge is 2.18. The zero-order valence-electron chi connectivity index (χ0n) is 15.5. The number of carbonyl (C=O) groups is 2. The second-order valence-corrected chi connectivity index (χ2v) is 7.67. The lowest BCUT2D eigenvalue weighted by Crippen LogP contribution is -2.30. The van der Waals surface area contributed by atoms with E-state index in [0.717, 1.165) is 5.56 Å². The molecule has 0 heterocycles. The number of carbonyl (C=O) groups excluding carboxylic acids is 2. The van der Waals surface area contributed by atoms with E-state index in [1.165, 1.54) is 31.2 Å². The van der Waals surface area contributed by atoms with E-state index in [4.69, 9.17) is 14.6 Å². The van der Waals surface area contributed by atoms with Gasteiger partial charge in [0.15, 0.2) is 6.10 Å². The van der Waals surface area contributed by atoms with Gasteiger partial charge in [0, 0.05) is 5.69 Å². The molecule has 0 saturated heterocycles. The molecule has 28 heavy (non-hydrogen) atoms. The summed E-state index contributed by atoms with van der Waals surface area (Å²) in [4.78, 5) is 23.9. The lowest BCUT2D eigenvalue weighted by atomic mass is 10.2. The topological polar surface area (TPSA) is 125 Å². The molecule has 2 aromatic carbocycles. The Bertz CT molecular complexity index is 941. The number of ether oxygens (including phenoxy) is 2. The Morgan fingerprint density at radius 1 is 1.14 bits per heavy atom. The summed E-state index contributed by atoms with van der Waals surface area (Å²) in [5.41, 5.74) is 1.32. The number of hydrogen-bond donors (Lipinski definition) is 2. The van der Waals surface area contributed by atoms with Gasteiger partial charge in [-0.1, -0.05) is 23.8 Å². The zero-order chi connectivity index (χ0) is 20.7. The van der Waals surface area contributed by atoms with Crippen LogP contribution in [0.4, 0.5) is 5.69 Å². The van der Waals surface area contributed by atoms with Gasteiger partial charge in [0.1, 0.15) is 5.75 Å². The summed E-state index contributed by atoms with van der Waals surface area (Å²) in [5.74, 6) is -0.550. The van der Waals surface area contributed by atoms with Gasteiger partial charge in [0.2, 0.25) is 10.0 Å². The Morgan fingerprint density at radius 2 is 1.82 bits per heavy atom. The van der Waals surface area contributed by atoms with Crippen LogP contribution in [-0.2, 0) is 24.3 Å². The third-order valence-electron chi connectivity index (χ3n) is 3.70. The molecule has 1 atom stereocenters. The summed E-state index contributed by atoms with van der Waals surface area (Å²) in [6.07, 6.45) is -1.09. The fourth-order valence-corrected chi connectivity index (χ4v) is 2.75. The summed E-state index contributed by atoms with van der Waals surface area (Å²) in [6.45, 7) is 3.49. The predicted octanol–water partition coefficient (Wildman–Crippen LogP) is 1.98. The van der Waals surface area contributed by atoms with Crippen molar-refractivity contribution in [2.24, 2.45) is 5.14 Å². The second kappa shape index (κ2) is 9.34. The summed E-state index contributed by atoms with van der Waals surface area (Å²) >= 11 is 0. The first-order valence-electron chi connectivity index (χ1n) is 8.48. The van der Waals surface area contributed by atoms with Gasteiger partial charge < -0.3 is 14.8 Å². The van der Waals surface area contributed by atoms with E-state index in [9.17, 15) is 18.0 Å².